The van der Waals surface area contributed by atoms with Crippen molar-refractivity contribution in [2.45, 2.75) is 45.7 Å². The van der Waals surface area contributed by atoms with E-state index in [0.717, 1.165) is 11.4 Å². The second kappa shape index (κ2) is 6.26. The van der Waals surface area contributed by atoms with Gasteiger partial charge in [0, 0.05) is 25.3 Å². The van der Waals surface area contributed by atoms with Crippen molar-refractivity contribution in [3.63, 3.8) is 0 Å². The number of likely N-dealkylation sites (tertiary alicyclic amines) is 1. The minimum absolute atomic E-state index is 0.0224. The van der Waals surface area contributed by atoms with Crippen molar-refractivity contribution in [1.82, 2.24) is 24.9 Å². The Labute approximate surface area is 140 Å². The predicted molar refractivity (Wildman–Crippen MR) is 86.3 cm³/mol. The van der Waals surface area contributed by atoms with Crippen LogP contribution in [0.2, 0.25) is 0 Å². The van der Waals surface area contributed by atoms with Crippen LogP contribution in [-0.2, 0) is 9.59 Å². The summed E-state index contributed by atoms with van der Waals surface area (Å²) in [6.07, 6.45) is 0.727. The quantitative estimate of drug-likeness (QED) is 0.800. The second-order valence-electron chi connectivity index (χ2n) is 6.52. The first-order valence-electron chi connectivity index (χ1n) is 8.33. The van der Waals surface area contributed by atoms with Crippen LogP contribution < -0.4 is 5.32 Å². The summed E-state index contributed by atoms with van der Waals surface area (Å²) in [6, 6.07) is 1.07. The van der Waals surface area contributed by atoms with Crippen LogP contribution in [0.25, 0.3) is 0 Å². The molecule has 3 heterocycles. The number of amides is 4. The molecule has 1 aromatic rings. The lowest BCUT2D eigenvalue weighted by atomic mass is 10.1. The molecule has 2 aliphatic heterocycles. The van der Waals surface area contributed by atoms with E-state index >= 15 is 0 Å². The lowest BCUT2D eigenvalue weighted by molar-refractivity contribution is -0.140. The van der Waals surface area contributed by atoms with E-state index < -0.39 is 12.1 Å². The van der Waals surface area contributed by atoms with Crippen molar-refractivity contribution < 1.29 is 14.4 Å². The summed E-state index contributed by atoms with van der Waals surface area (Å²) in [5, 5.41) is 7.04. The van der Waals surface area contributed by atoms with Crippen LogP contribution >= 0.6 is 0 Å². The fourth-order valence-electron chi connectivity index (χ4n) is 3.28. The van der Waals surface area contributed by atoms with Gasteiger partial charge in [0.2, 0.25) is 5.91 Å². The van der Waals surface area contributed by atoms with Crippen LogP contribution in [0.4, 0.5) is 4.79 Å². The molecule has 0 bridgehead atoms. The molecule has 0 aromatic carbocycles. The second-order valence-corrected chi connectivity index (χ2v) is 6.52. The summed E-state index contributed by atoms with van der Waals surface area (Å²) in [7, 11) is 0. The molecule has 1 N–H and O–H groups in total. The lowest BCUT2D eigenvalue weighted by Crippen LogP contribution is -2.52. The summed E-state index contributed by atoms with van der Waals surface area (Å²) in [5.74, 6) is -0.407. The van der Waals surface area contributed by atoms with Crippen molar-refractivity contribution >= 4 is 17.8 Å². The van der Waals surface area contributed by atoms with Gasteiger partial charge in [-0.3, -0.25) is 19.2 Å². The molecule has 0 radical (unpaired) electrons. The van der Waals surface area contributed by atoms with Crippen LogP contribution in [0.1, 0.15) is 37.2 Å². The maximum atomic E-state index is 12.3. The highest BCUT2D eigenvalue weighted by Crippen LogP contribution is 2.24. The number of nitrogens with one attached hydrogen (secondary N) is 1. The molecule has 0 aliphatic carbocycles. The van der Waals surface area contributed by atoms with E-state index in [0.29, 0.717) is 26.1 Å². The zero-order chi connectivity index (χ0) is 17.4. The number of imide groups is 1. The van der Waals surface area contributed by atoms with Gasteiger partial charge in [-0.2, -0.15) is 5.10 Å². The summed E-state index contributed by atoms with van der Waals surface area (Å²) in [4.78, 5) is 39.2. The van der Waals surface area contributed by atoms with Crippen LogP contribution in [0.3, 0.4) is 0 Å². The first-order valence-corrected chi connectivity index (χ1v) is 8.33. The Bertz CT molecular complexity index is 677. The highest BCUT2D eigenvalue weighted by molar-refractivity contribution is 6.05. The summed E-state index contributed by atoms with van der Waals surface area (Å²) in [6.45, 7) is 7.42. The van der Waals surface area contributed by atoms with Crippen LogP contribution in [0.5, 0.6) is 0 Å². The molecule has 24 heavy (non-hydrogen) atoms. The van der Waals surface area contributed by atoms with Gasteiger partial charge in [-0.05, 0) is 26.3 Å². The third-order valence-corrected chi connectivity index (χ3v) is 4.54. The van der Waals surface area contributed by atoms with Crippen molar-refractivity contribution in [2.24, 2.45) is 0 Å². The van der Waals surface area contributed by atoms with Gasteiger partial charge in [-0.15, -0.1) is 0 Å². The van der Waals surface area contributed by atoms with E-state index in [2.05, 4.69) is 10.4 Å². The Balaban J connectivity index is 1.53. The lowest BCUT2D eigenvalue weighted by Gasteiger charge is -2.40. The zero-order valence-corrected chi connectivity index (χ0v) is 14.3. The van der Waals surface area contributed by atoms with Gasteiger partial charge in [0.25, 0.3) is 5.91 Å². The zero-order valence-electron chi connectivity index (χ0n) is 14.3. The Morgan fingerprint density at radius 1 is 1.33 bits per heavy atom. The highest BCUT2D eigenvalue weighted by Gasteiger charge is 2.41. The molecule has 2 fully saturated rings. The Kier molecular flexibility index (Phi) is 4.29. The van der Waals surface area contributed by atoms with E-state index in [1.54, 1.807) is 4.90 Å². The fraction of sp³-hybridized carbons (Fsp3) is 0.625. The summed E-state index contributed by atoms with van der Waals surface area (Å²) >= 11 is 0. The third kappa shape index (κ3) is 2.88. The molecule has 1 aromatic heterocycles. The van der Waals surface area contributed by atoms with E-state index in [4.69, 9.17) is 0 Å². The molecule has 130 valence electrons. The number of nitrogens with zero attached hydrogens (tertiary/aromatic N) is 4. The number of aromatic nitrogens is 2. The van der Waals surface area contributed by atoms with Crippen molar-refractivity contribution in [3.05, 3.63) is 17.5 Å². The first kappa shape index (κ1) is 16.5. The topological polar surface area (TPSA) is 87.5 Å². The molecule has 2 saturated heterocycles. The highest BCUT2D eigenvalue weighted by atomic mass is 16.2. The number of aryl methyl sites for hydroxylation is 2. The minimum atomic E-state index is -0.732. The van der Waals surface area contributed by atoms with Crippen LogP contribution in [-0.4, -0.2) is 63.1 Å². The maximum Gasteiger partial charge on any atom is 0.324 e. The van der Waals surface area contributed by atoms with Gasteiger partial charge < -0.3 is 10.2 Å². The van der Waals surface area contributed by atoms with Crippen LogP contribution in [0, 0.1) is 13.8 Å². The average Bonchev–Trinajstić information content (AvgIpc) is 2.92. The van der Waals surface area contributed by atoms with Gasteiger partial charge >= 0.3 is 6.03 Å². The van der Waals surface area contributed by atoms with Crippen molar-refractivity contribution in [1.29, 1.82) is 0 Å². The summed E-state index contributed by atoms with van der Waals surface area (Å²) < 4.78 is 1.95. The number of hydrogen-bond donors (Lipinski definition) is 1. The predicted octanol–water partition coefficient (Wildman–Crippen LogP) is 0.604. The van der Waals surface area contributed by atoms with E-state index in [1.807, 2.05) is 31.5 Å². The SMILES string of the molecule is CCCN1C(=O)NC(CC(=O)N2CC(n3nc(C)cc3C)C2)C1=O. The first-order chi connectivity index (χ1) is 11.4. The molecule has 2 aliphatic rings. The number of urea groups is 1. The minimum Gasteiger partial charge on any atom is -0.338 e. The molecule has 8 heteroatoms. The number of rotatable bonds is 5. The standard InChI is InChI=1S/C16H23N5O3/c1-4-5-20-15(23)13(17-16(20)24)7-14(22)19-8-12(9-19)21-11(3)6-10(2)18-21/h6,12-13H,4-5,7-9H2,1-3H3,(H,17,24). The largest absolute Gasteiger partial charge is 0.338 e. The van der Waals surface area contributed by atoms with Crippen molar-refractivity contribution in [2.75, 3.05) is 19.6 Å². The molecule has 8 nitrogen and oxygen atoms in total. The average molecular weight is 333 g/mol. The molecule has 1 atom stereocenters. The Morgan fingerprint density at radius 2 is 2.04 bits per heavy atom. The van der Waals surface area contributed by atoms with Gasteiger partial charge in [0.1, 0.15) is 6.04 Å². The summed E-state index contributed by atoms with van der Waals surface area (Å²) in [5.41, 5.74) is 2.05. The molecule has 3 rings (SSSR count). The van der Waals surface area contributed by atoms with Crippen molar-refractivity contribution in [3.8, 4) is 0 Å². The fourth-order valence-corrected chi connectivity index (χ4v) is 3.28. The van der Waals surface area contributed by atoms with Gasteiger partial charge in [0.05, 0.1) is 18.2 Å². The normalized spacial score (nSPS) is 21.2. The smallest absolute Gasteiger partial charge is 0.324 e. The third-order valence-electron chi connectivity index (χ3n) is 4.54. The van der Waals surface area contributed by atoms with Gasteiger partial charge in [-0.1, -0.05) is 6.92 Å². The number of hydrogen-bond acceptors (Lipinski definition) is 4. The Hall–Kier alpha value is -2.38. The maximum absolute atomic E-state index is 12.3. The van der Waals surface area contributed by atoms with Gasteiger partial charge in [0.15, 0.2) is 0 Å². The molecule has 0 spiro atoms. The van der Waals surface area contributed by atoms with E-state index in [-0.39, 0.29) is 24.3 Å². The number of carbonyl (C=O) groups excluding carboxylic acids is 3. The van der Waals surface area contributed by atoms with Crippen LogP contribution in [0.15, 0.2) is 6.07 Å². The van der Waals surface area contributed by atoms with E-state index in [9.17, 15) is 14.4 Å². The number of carbonyl (C=O) groups is 3. The molecular weight excluding hydrogens is 310 g/mol. The molecule has 0 saturated carbocycles. The molecule has 4 amide bonds. The van der Waals surface area contributed by atoms with Gasteiger partial charge in [-0.25, -0.2) is 4.79 Å². The van der Waals surface area contributed by atoms with E-state index in [1.165, 1.54) is 4.90 Å². The Morgan fingerprint density at radius 3 is 2.62 bits per heavy atom. The monoisotopic (exact) mass is 333 g/mol. The molecular formula is C16H23N5O3. The molecule has 1 unspecified atom stereocenters.